The maximum Gasteiger partial charge on any atom is 0.316 e. The van der Waals surface area contributed by atoms with E-state index >= 15 is 0 Å². The van der Waals surface area contributed by atoms with Crippen molar-refractivity contribution in [1.29, 1.82) is 0 Å². The highest BCUT2D eigenvalue weighted by atomic mass is 19.3. The van der Waals surface area contributed by atoms with Gasteiger partial charge in [0.2, 0.25) is 0 Å². The molecular weight excluding hydrogens is 214 g/mol. The van der Waals surface area contributed by atoms with Gasteiger partial charge >= 0.3 is 5.97 Å². The summed E-state index contributed by atoms with van der Waals surface area (Å²) in [5.74, 6) is -3.22. The van der Waals surface area contributed by atoms with Crippen LogP contribution in [0.15, 0.2) is 18.2 Å². The van der Waals surface area contributed by atoms with E-state index in [0.717, 1.165) is 11.1 Å². The summed E-state index contributed by atoms with van der Waals surface area (Å²) in [6, 6.07) is 4.70. The van der Waals surface area contributed by atoms with Crippen LogP contribution in [0.4, 0.5) is 8.78 Å². The third kappa shape index (κ3) is 2.56. The second-order valence-electron chi connectivity index (χ2n) is 3.69. The predicted molar refractivity (Wildman–Crippen MR) is 56.9 cm³/mol. The van der Waals surface area contributed by atoms with Gasteiger partial charge in [-0.3, -0.25) is 4.79 Å². The van der Waals surface area contributed by atoms with E-state index in [-0.39, 0.29) is 5.56 Å². The average molecular weight is 228 g/mol. The molecule has 1 atom stereocenters. The zero-order valence-electron chi connectivity index (χ0n) is 9.21. The zero-order valence-corrected chi connectivity index (χ0v) is 9.21. The van der Waals surface area contributed by atoms with Crippen LogP contribution in [0.2, 0.25) is 0 Å². The molecule has 0 saturated carbocycles. The van der Waals surface area contributed by atoms with Crippen molar-refractivity contribution in [3.63, 3.8) is 0 Å². The molecule has 16 heavy (non-hydrogen) atoms. The molecule has 2 nitrogen and oxygen atoms in total. The van der Waals surface area contributed by atoms with Crippen molar-refractivity contribution < 1.29 is 18.7 Å². The summed E-state index contributed by atoms with van der Waals surface area (Å²) in [6.07, 6.45) is -2.18. The van der Waals surface area contributed by atoms with E-state index in [2.05, 4.69) is 0 Å². The molecule has 1 N–H and O–H groups in total. The van der Waals surface area contributed by atoms with Gasteiger partial charge in [-0.15, -0.1) is 0 Å². The molecule has 0 bridgehead atoms. The number of alkyl halides is 2. The van der Waals surface area contributed by atoms with Crippen molar-refractivity contribution in [2.45, 2.75) is 32.6 Å². The number of hydrogen-bond acceptors (Lipinski definition) is 1. The lowest BCUT2D eigenvalue weighted by atomic mass is 9.94. The van der Waals surface area contributed by atoms with Crippen LogP contribution in [0.3, 0.4) is 0 Å². The second kappa shape index (κ2) is 5.05. The molecule has 1 aromatic carbocycles. The van der Waals surface area contributed by atoms with Crippen molar-refractivity contribution in [3.05, 3.63) is 34.9 Å². The first-order valence-electron chi connectivity index (χ1n) is 5.07. The van der Waals surface area contributed by atoms with Crippen LogP contribution in [0.1, 0.15) is 29.5 Å². The van der Waals surface area contributed by atoms with Gasteiger partial charge in [0.05, 0.1) is 0 Å². The van der Waals surface area contributed by atoms with Gasteiger partial charge in [-0.05, 0) is 30.0 Å². The summed E-state index contributed by atoms with van der Waals surface area (Å²) in [4.78, 5) is 10.7. The smallest absolute Gasteiger partial charge is 0.316 e. The van der Waals surface area contributed by atoms with Crippen LogP contribution in [0, 0.1) is 6.92 Å². The fraction of sp³-hybridized carbons (Fsp3) is 0.417. The molecule has 1 rings (SSSR count). The number of aryl methyl sites for hydroxylation is 2. The van der Waals surface area contributed by atoms with Gasteiger partial charge < -0.3 is 5.11 Å². The summed E-state index contributed by atoms with van der Waals surface area (Å²) < 4.78 is 25.2. The molecule has 0 radical (unpaired) electrons. The Morgan fingerprint density at radius 2 is 2.06 bits per heavy atom. The topological polar surface area (TPSA) is 37.3 Å². The lowest BCUT2D eigenvalue weighted by Gasteiger charge is -2.13. The van der Waals surface area contributed by atoms with Gasteiger partial charge in [-0.1, -0.05) is 25.1 Å². The maximum absolute atomic E-state index is 12.6. The van der Waals surface area contributed by atoms with Crippen LogP contribution < -0.4 is 0 Å². The zero-order chi connectivity index (χ0) is 12.3. The predicted octanol–water partition coefficient (Wildman–Crippen LogP) is 2.99. The molecule has 0 saturated heterocycles. The lowest BCUT2D eigenvalue weighted by molar-refractivity contribution is -0.142. The number of benzene rings is 1. The Morgan fingerprint density at radius 1 is 1.44 bits per heavy atom. The number of aliphatic carboxylic acids is 1. The number of halogens is 2. The van der Waals surface area contributed by atoms with Crippen molar-refractivity contribution in [3.8, 4) is 0 Å². The van der Waals surface area contributed by atoms with Gasteiger partial charge in [0.1, 0.15) is 5.92 Å². The molecule has 0 spiro atoms. The first kappa shape index (κ1) is 12.6. The second-order valence-corrected chi connectivity index (χ2v) is 3.69. The fourth-order valence-electron chi connectivity index (χ4n) is 1.66. The highest BCUT2D eigenvalue weighted by molar-refractivity contribution is 5.76. The molecule has 4 heteroatoms. The first-order chi connectivity index (χ1) is 7.47. The average Bonchev–Trinajstić information content (AvgIpc) is 2.19. The van der Waals surface area contributed by atoms with Crippen LogP contribution >= 0.6 is 0 Å². The van der Waals surface area contributed by atoms with Gasteiger partial charge in [0.25, 0.3) is 6.43 Å². The largest absolute Gasteiger partial charge is 0.481 e. The van der Waals surface area contributed by atoms with Crippen LogP contribution in [0.25, 0.3) is 0 Å². The summed E-state index contributed by atoms with van der Waals surface area (Å²) in [5, 5.41) is 8.75. The van der Waals surface area contributed by atoms with E-state index in [0.29, 0.717) is 6.42 Å². The Kier molecular flexibility index (Phi) is 3.99. The number of carboxylic acid groups (broad SMARTS) is 1. The highest BCUT2D eigenvalue weighted by Gasteiger charge is 2.29. The number of carboxylic acids is 1. The third-order valence-corrected chi connectivity index (χ3v) is 2.63. The Hall–Kier alpha value is -1.45. The molecule has 0 fully saturated rings. The Balaban J connectivity index is 3.15. The van der Waals surface area contributed by atoms with Gasteiger partial charge in [0.15, 0.2) is 0 Å². The van der Waals surface area contributed by atoms with E-state index < -0.39 is 18.3 Å². The summed E-state index contributed by atoms with van der Waals surface area (Å²) in [5.41, 5.74) is 2.07. The SMILES string of the molecule is CCc1cc(C(C(=O)O)C(F)F)ccc1C. The highest BCUT2D eigenvalue weighted by Crippen LogP contribution is 2.25. The lowest BCUT2D eigenvalue weighted by Crippen LogP contribution is -2.19. The van der Waals surface area contributed by atoms with E-state index in [9.17, 15) is 13.6 Å². The van der Waals surface area contributed by atoms with Crippen molar-refractivity contribution >= 4 is 5.97 Å². The Morgan fingerprint density at radius 3 is 2.50 bits per heavy atom. The van der Waals surface area contributed by atoms with E-state index in [1.165, 1.54) is 6.07 Å². The monoisotopic (exact) mass is 228 g/mol. The van der Waals surface area contributed by atoms with Gasteiger partial charge in [0, 0.05) is 0 Å². The van der Waals surface area contributed by atoms with Crippen molar-refractivity contribution in [1.82, 2.24) is 0 Å². The quantitative estimate of drug-likeness (QED) is 0.860. The molecule has 0 heterocycles. The Bertz CT molecular complexity index is 389. The standard InChI is InChI=1S/C12H14F2O2/c1-3-8-6-9(5-4-7(8)2)10(11(13)14)12(15)16/h4-6,10-11H,3H2,1-2H3,(H,15,16). The van der Waals surface area contributed by atoms with Crippen molar-refractivity contribution in [2.24, 2.45) is 0 Å². The molecule has 0 aromatic heterocycles. The summed E-state index contributed by atoms with van der Waals surface area (Å²) in [7, 11) is 0. The van der Waals surface area contributed by atoms with Crippen LogP contribution in [-0.2, 0) is 11.2 Å². The van der Waals surface area contributed by atoms with Crippen LogP contribution in [0.5, 0.6) is 0 Å². The maximum atomic E-state index is 12.6. The molecule has 0 aliphatic rings. The summed E-state index contributed by atoms with van der Waals surface area (Å²) >= 11 is 0. The van der Waals surface area contributed by atoms with Crippen molar-refractivity contribution in [2.75, 3.05) is 0 Å². The molecule has 0 amide bonds. The van der Waals surface area contributed by atoms with Gasteiger partial charge in [-0.25, -0.2) is 8.78 Å². The molecular formula is C12H14F2O2. The molecule has 1 aromatic rings. The number of hydrogen-bond donors (Lipinski definition) is 1. The minimum atomic E-state index is -2.88. The minimum Gasteiger partial charge on any atom is -0.481 e. The van der Waals surface area contributed by atoms with E-state index in [1.807, 2.05) is 13.8 Å². The first-order valence-corrected chi connectivity index (χ1v) is 5.07. The fourth-order valence-corrected chi connectivity index (χ4v) is 1.66. The molecule has 1 unspecified atom stereocenters. The van der Waals surface area contributed by atoms with E-state index in [4.69, 9.17) is 5.11 Å². The van der Waals surface area contributed by atoms with Crippen LogP contribution in [-0.4, -0.2) is 17.5 Å². The number of rotatable bonds is 4. The molecule has 88 valence electrons. The minimum absolute atomic E-state index is 0.171. The van der Waals surface area contributed by atoms with E-state index in [1.54, 1.807) is 12.1 Å². The molecule has 0 aliphatic carbocycles. The molecule has 0 aliphatic heterocycles. The third-order valence-electron chi connectivity index (χ3n) is 2.63. The number of carbonyl (C=O) groups is 1. The summed E-state index contributed by atoms with van der Waals surface area (Å²) in [6.45, 7) is 3.78. The Labute approximate surface area is 92.9 Å². The normalized spacial score (nSPS) is 12.8. The van der Waals surface area contributed by atoms with Gasteiger partial charge in [-0.2, -0.15) is 0 Å².